The van der Waals surface area contributed by atoms with Crippen LogP contribution in [0.25, 0.3) is 0 Å². The second-order valence-electron chi connectivity index (χ2n) is 4.27. The average molecular weight is 275 g/mol. The Bertz CT molecular complexity index is 380. The van der Waals surface area contributed by atoms with E-state index in [1.807, 2.05) is 0 Å². The third kappa shape index (κ3) is 2.99. The predicted molar refractivity (Wildman–Crippen MR) is 69.7 cm³/mol. The van der Waals surface area contributed by atoms with Crippen molar-refractivity contribution in [3.63, 3.8) is 0 Å². The molecule has 0 atom stereocenters. The summed E-state index contributed by atoms with van der Waals surface area (Å²) in [6, 6.07) is 0.499. The van der Waals surface area contributed by atoms with E-state index in [-0.39, 0.29) is 5.28 Å². The van der Waals surface area contributed by atoms with Crippen LogP contribution < -0.4 is 4.90 Å². The summed E-state index contributed by atoms with van der Waals surface area (Å²) >= 11 is 11.8. The van der Waals surface area contributed by atoms with E-state index < -0.39 is 0 Å². The zero-order valence-corrected chi connectivity index (χ0v) is 11.4. The normalized spacial score (nSPS) is 17.1. The van der Waals surface area contributed by atoms with Crippen molar-refractivity contribution in [1.82, 2.24) is 15.2 Å². The standard InChI is InChI=1S/C11H16Cl2N4/c1-2-17(8-6-4-3-5-7-8)10-9(12)15-16-11(13)14-10/h8H,2-7H2,1H3. The van der Waals surface area contributed by atoms with Crippen LogP contribution in [-0.4, -0.2) is 27.8 Å². The van der Waals surface area contributed by atoms with E-state index in [1.165, 1.54) is 32.1 Å². The van der Waals surface area contributed by atoms with E-state index in [1.54, 1.807) is 0 Å². The molecule has 6 heteroatoms. The van der Waals surface area contributed by atoms with Crippen LogP contribution in [0.1, 0.15) is 39.0 Å². The molecule has 0 spiro atoms. The van der Waals surface area contributed by atoms with E-state index in [0.717, 1.165) is 6.54 Å². The second kappa shape index (κ2) is 5.83. The van der Waals surface area contributed by atoms with Crippen LogP contribution in [0.15, 0.2) is 0 Å². The summed E-state index contributed by atoms with van der Waals surface area (Å²) in [5.74, 6) is 0.668. The van der Waals surface area contributed by atoms with Gasteiger partial charge in [0.1, 0.15) is 0 Å². The van der Waals surface area contributed by atoms with Gasteiger partial charge in [-0.05, 0) is 31.4 Å². The molecule has 0 radical (unpaired) electrons. The zero-order chi connectivity index (χ0) is 12.3. The molecule has 0 aliphatic heterocycles. The minimum Gasteiger partial charge on any atom is -0.351 e. The number of nitrogens with zero attached hydrogens (tertiary/aromatic N) is 4. The number of aromatic nitrogens is 3. The molecule has 0 bridgehead atoms. The molecule has 94 valence electrons. The topological polar surface area (TPSA) is 41.9 Å². The fraction of sp³-hybridized carbons (Fsp3) is 0.727. The van der Waals surface area contributed by atoms with Gasteiger partial charge in [-0.25, -0.2) is 0 Å². The van der Waals surface area contributed by atoms with E-state index in [4.69, 9.17) is 23.2 Å². The number of rotatable bonds is 3. The molecule has 0 N–H and O–H groups in total. The van der Waals surface area contributed by atoms with Gasteiger partial charge in [-0.2, -0.15) is 4.98 Å². The van der Waals surface area contributed by atoms with E-state index >= 15 is 0 Å². The Labute approximate surface area is 111 Å². The molecular weight excluding hydrogens is 259 g/mol. The lowest BCUT2D eigenvalue weighted by Crippen LogP contribution is -2.37. The highest BCUT2D eigenvalue weighted by Crippen LogP contribution is 2.29. The van der Waals surface area contributed by atoms with Gasteiger partial charge in [-0.3, -0.25) is 0 Å². The molecule has 1 aliphatic carbocycles. The molecule has 4 nitrogen and oxygen atoms in total. The molecule has 1 aromatic heterocycles. The quantitative estimate of drug-likeness (QED) is 0.848. The van der Waals surface area contributed by atoms with Crippen LogP contribution in [0.4, 0.5) is 5.82 Å². The Morgan fingerprint density at radius 1 is 1.18 bits per heavy atom. The van der Waals surface area contributed by atoms with Gasteiger partial charge in [0, 0.05) is 12.6 Å². The molecule has 0 aromatic carbocycles. The largest absolute Gasteiger partial charge is 0.351 e. The van der Waals surface area contributed by atoms with Crippen LogP contribution in [0, 0.1) is 0 Å². The fourth-order valence-electron chi connectivity index (χ4n) is 2.44. The highest BCUT2D eigenvalue weighted by molar-refractivity contribution is 6.32. The van der Waals surface area contributed by atoms with Gasteiger partial charge in [0.05, 0.1) is 0 Å². The lowest BCUT2D eigenvalue weighted by Gasteiger charge is -2.34. The van der Waals surface area contributed by atoms with Crippen molar-refractivity contribution in [1.29, 1.82) is 0 Å². The summed E-state index contributed by atoms with van der Waals surface area (Å²) < 4.78 is 0. The van der Waals surface area contributed by atoms with Crippen molar-refractivity contribution in [3.8, 4) is 0 Å². The SMILES string of the molecule is CCN(c1nc(Cl)nnc1Cl)C1CCCCC1. The lowest BCUT2D eigenvalue weighted by atomic mass is 9.94. The summed E-state index contributed by atoms with van der Waals surface area (Å²) in [6.45, 7) is 2.96. The second-order valence-corrected chi connectivity index (χ2v) is 4.97. The molecule has 1 aromatic rings. The average Bonchev–Trinajstić information content (AvgIpc) is 2.36. The molecular formula is C11H16Cl2N4. The Morgan fingerprint density at radius 3 is 2.53 bits per heavy atom. The molecule has 0 unspecified atom stereocenters. The van der Waals surface area contributed by atoms with Crippen LogP contribution in [0.3, 0.4) is 0 Å². The fourth-order valence-corrected chi connectivity index (χ4v) is 2.75. The van der Waals surface area contributed by atoms with Gasteiger partial charge in [-0.15, -0.1) is 10.2 Å². The Morgan fingerprint density at radius 2 is 1.88 bits per heavy atom. The summed E-state index contributed by atoms with van der Waals surface area (Å²) in [5.41, 5.74) is 0. The smallest absolute Gasteiger partial charge is 0.245 e. The Hall–Kier alpha value is -0.610. The molecule has 2 rings (SSSR count). The number of anilines is 1. The van der Waals surface area contributed by atoms with Gasteiger partial charge in [0.2, 0.25) is 5.28 Å². The van der Waals surface area contributed by atoms with Crippen LogP contribution in [0.2, 0.25) is 10.4 Å². The van der Waals surface area contributed by atoms with E-state index in [2.05, 4.69) is 27.0 Å². The van der Waals surface area contributed by atoms with Crippen molar-refractivity contribution >= 4 is 29.0 Å². The predicted octanol–water partition coefficient (Wildman–Crippen LogP) is 3.34. The molecule has 1 aliphatic rings. The minimum absolute atomic E-state index is 0.152. The van der Waals surface area contributed by atoms with Gasteiger partial charge >= 0.3 is 0 Å². The zero-order valence-electron chi connectivity index (χ0n) is 9.86. The van der Waals surface area contributed by atoms with E-state index in [0.29, 0.717) is 17.0 Å². The maximum absolute atomic E-state index is 6.05. The van der Waals surface area contributed by atoms with Crippen molar-refractivity contribution in [2.24, 2.45) is 0 Å². The van der Waals surface area contributed by atoms with Gasteiger partial charge in [-0.1, -0.05) is 30.9 Å². The van der Waals surface area contributed by atoms with Crippen molar-refractivity contribution in [2.45, 2.75) is 45.1 Å². The highest BCUT2D eigenvalue weighted by atomic mass is 35.5. The Kier molecular flexibility index (Phi) is 4.40. The van der Waals surface area contributed by atoms with Crippen LogP contribution >= 0.6 is 23.2 Å². The molecule has 17 heavy (non-hydrogen) atoms. The first kappa shape index (κ1) is 12.8. The number of halogens is 2. The molecule has 1 saturated carbocycles. The molecule has 0 saturated heterocycles. The molecule has 0 amide bonds. The van der Waals surface area contributed by atoms with Crippen molar-refractivity contribution < 1.29 is 0 Å². The monoisotopic (exact) mass is 274 g/mol. The Balaban J connectivity index is 2.24. The maximum Gasteiger partial charge on any atom is 0.245 e. The molecule has 1 fully saturated rings. The minimum atomic E-state index is 0.152. The molecule has 1 heterocycles. The summed E-state index contributed by atoms with van der Waals surface area (Å²) in [5, 5.41) is 7.96. The maximum atomic E-state index is 6.05. The first-order valence-electron chi connectivity index (χ1n) is 6.04. The van der Waals surface area contributed by atoms with Crippen molar-refractivity contribution in [2.75, 3.05) is 11.4 Å². The first-order valence-corrected chi connectivity index (χ1v) is 6.80. The first-order chi connectivity index (χ1) is 8.22. The van der Waals surface area contributed by atoms with Crippen LogP contribution in [-0.2, 0) is 0 Å². The van der Waals surface area contributed by atoms with Gasteiger partial charge in [0.15, 0.2) is 11.0 Å². The number of hydrogen-bond donors (Lipinski definition) is 0. The van der Waals surface area contributed by atoms with Crippen LogP contribution in [0.5, 0.6) is 0 Å². The number of hydrogen-bond acceptors (Lipinski definition) is 4. The van der Waals surface area contributed by atoms with Crippen molar-refractivity contribution in [3.05, 3.63) is 10.4 Å². The third-order valence-corrected chi connectivity index (χ3v) is 3.64. The van der Waals surface area contributed by atoms with E-state index in [9.17, 15) is 0 Å². The summed E-state index contributed by atoms with van der Waals surface area (Å²) in [7, 11) is 0. The lowest BCUT2D eigenvalue weighted by molar-refractivity contribution is 0.416. The van der Waals surface area contributed by atoms with Gasteiger partial charge < -0.3 is 4.90 Å². The summed E-state index contributed by atoms with van der Waals surface area (Å²) in [6.07, 6.45) is 6.23. The van der Waals surface area contributed by atoms with Gasteiger partial charge in [0.25, 0.3) is 0 Å². The third-order valence-electron chi connectivity index (χ3n) is 3.23. The summed E-state index contributed by atoms with van der Waals surface area (Å²) in [4.78, 5) is 6.40. The highest BCUT2D eigenvalue weighted by Gasteiger charge is 2.23.